The van der Waals surface area contributed by atoms with Crippen LogP contribution in [0.2, 0.25) is 0 Å². The molecule has 1 amide bonds. The van der Waals surface area contributed by atoms with Gasteiger partial charge >= 0.3 is 5.97 Å². The van der Waals surface area contributed by atoms with Crippen molar-refractivity contribution in [1.29, 1.82) is 0 Å². The Labute approximate surface area is 136 Å². The van der Waals surface area contributed by atoms with Crippen LogP contribution in [0.15, 0.2) is 24.3 Å². The third kappa shape index (κ3) is 6.95. The lowest BCUT2D eigenvalue weighted by Gasteiger charge is -2.10. The molecule has 0 heterocycles. The zero-order chi connectivity index (χ0) is 17.2. The molecule has 0 aliphatic carbocycles. The molecule has 0 fully saturated rings. The molecule has 23 heavy (non-hydrogen) atoms. The van der Waals surface area contributed by atoms with E-state index in [1.807, 2.05) is 0 Å². The number of rotatable bonds is 9. The monoisotopic (exact) mass is 321 g/mol. The minimum absolute atomic E-state index is 0.247. The summed E-state index contributed by atoms with van der Waals surface area (Å²) in [6, 6.07) is 6.67. The van der Waals surface area contributed by atoms with Crippen LogP contribution < -0.4 is 10.1 Å². The maximum Gasteiger partial charge on any atom is 0.326 e. The first-order valence-electron chi connectivity index (χ1n) is 7.65. The Morgan fingerprint density at radius 2 is 1.83 bits per heavy atom. The lowest BCUT2D eigenvalue weighted by atomic mass is 10.2. The molecule has 0 aliphatic heterocycles. The van der Waals surface area contributed by atoms with Crippen LogP contribution in [-0.2, 0) is 14.3 Å². The smallest absolute Gasteiger partial charge is 0.326 e. The number of esters is 1. The number of amides is 1. The van der Waals surface area contributed by atoms with Crippen molar-refractivity contribution in [1.82, 2.24) is 5.32 Å². The maximum atomic E-state index is 11.9. The molecular weight excluding hydrogens is 298 g/mol. The minimum Gasteiger partial charge on any atom is -0.494 e. The number of ketones is 1. The Balaban J connectivity index is 2.42. The lowest BCUT2D eigenvalue weighted by Crippen LogP contribution is -2.33. The van der Waals surface area contributed by atoms with E-state index in [0.717, 1.165) is 12.8 Å². The number of hydrogen-bond acceptors (Lipinski definition) is 5. The molecule has 1 aromatic carbocycles. The average molecular weight is 321 g/mol. The third-order valence-electron chi connectivity index (χ3n) is 3.16. The molecule has 0 spiro atoms. The Morgan fingerprint density at radius 1 is 1.17 bits per heavy atom. The molecule has 6 heteroatoms. The van der Waals surface area contributed by atoms with Gasteiger partial charge in [0.15, 0.2) is 11.9 Å². The maximum absolute atomic E-state index is 11.9. The number of hydrogen-bond donors (Lipinski definition) is 1. The number of carbonyl (C=O) groups is 3. The topological polar surface area (TPSA) is 81.7 Å². The number of carbonyl (C=O) groups excluding carboxylic acids is 3. The molecular formula is C17H23NO5. The van der Waals surface area contributed by atoms with Crippen molar-refractivity contribution in [2.45, 2.75) is 39.7 Å². The number of nitrogens with one attached hydrogen (secondary N) is 1. The van der Waals surface area contributed by atoms with Crippen molar-refractivity contribution in [2.24, 2.45) is 0 Å². The lowest BCUT2D eigenvalue weighted by molar-refractivity contribution is -0.152. The largest absolute Gasteiger partial charge is 0.494 e. The van der Waals surface area contributed by atoms with E-state index in [0.29, 0.717) is 17.9 Å². The van der Waals surface area contributed by atoms with E-state index >= 15 is 0 Å². The van der Waals surface area contributed by atoms with Crippen LogP contribution in [0.4, 0.5) is 0 Å². The summed E-state index contributed by atoms with van der Waals surface area (Å²) < 4.78 is 10.4. The average Bonchev–Trinajstić information content (AvgIpc) is 2.53. The molecule has 1 rings (SSSR count). The number of unbranched alkanes of at least 4 members (excludes halogenated alkanes) is 1. The van der Waals surface area contributed by atoms with E-state index in [1.165, 1.54) is 13.8 Å². The summed E-state index contributed by atoms with van der Waals surface area (Å²) in [6.07, 6.45) is 1.22. The van der Waals surface area contributed by atoms with Crippen molar-refractivity contribution >= 4 is 17.7 Å². The summed E-state index contributed by atoms with van der Waals surface area (Å²) in [7, 11) is 0. The van der Waals surface area contributed by atoms with Gasteiger partial charge in [0.1, 0.15) is 12.3 Å². The van der Waals surface area contributed by atoms with Crippen molar-refractivity contribution in [3.8, 4) is 5.75 Å². The van der Waals surface area contributed by atoms with E-state index in [2.05, 4.69) is 12.2 Å². The number of ether oxygens (including phenoxy) is 2. The van der Waals surface area contributed by atoms with Crippen molar-refractivity contribution in [2.75, 3.05) is 13.2 Å². The fourth-order valence-electron chi connectivity index (χ4n) is 1.61. The second-order valence-electron chi connectivity index (χ2n) is 5.15. The Morgan fingerprint density at radius 3 is 2.39 bits per heavy atom. The van der Waals surface area contributed by atoms with E-state index in [9.17, 15) is 14.4 Å². The second-order valence-corrected chi connectivity index (χ2v) is 5.15. The van der Waals surface area contributed by atoms with E-state index < -0.39 is 18.0 Å². The first-order valence-corrected chi connectivity index (χ1v) is 7.65. The van der Waals surface area contributed by atoms with Crippen LogP contribution in [0.25, 0.3) is 0 Å². The van der Waals surface area contributed by atoms with E-state index in [1.54, 1.807) is 24.3 Å². The van der Waals surface area contributed by atoms with Crippen LogP contribution in [0.3, 0.4) is 0 Å². The highest BCUT2D eigenvalue weighted by molar-refractivity contribution is 5.96. The highest BCUT2D eigenvalue weighted by Gasteiger charge is 2.14. The van der Waals surface area contributed by atoms with Crippen LogP contribution in [-0.4, -0.2) is 36.9 Å². The summed E-state index contributed by atoms with van der Waals surface area (Å²) in [4.78, 5) is 34.4. The third-order valence-corrected chi connectivity index (χ3v) is 3.16. The van der Waals surface area contributed by atoms with Gasteiger partial charge in [0.2, 0.25) is 0 Å². The Kier molecular flexibility index (Phi) is 7.80. The second kappa shape index (κ2) is 9.61. The fourth-order valence-corrected chi connectivity index (χ4v) is 1.61. The van der Waals surface area contributed by atoms with Gasteiger partial charge in [0, 0.05) is 5.56 Å². The standard InChI is InChI=1S/C17H23NO5/c1-4-5-10-22-15-8-6-14(7-9-15)17(21)18-11-16(20)23-13(3)12(2)19/h6-9,13H,4-5,10-11H2,1-3H3,(H,18,21). The Bertz CT molecular complexity index is 538. The van der Waals surface area contributed by atoms with Crippen LogP contribution >= 0.6 is 0 Å². The molecule has 1 N–H and O–H groups in total. The van der Waals surface area contributed by atoms with E-state index in [4.69, 9.17) is 9.47 Å². The van der Waals surface area contributed by atoms with Crippen molar-refractivity contribution in [3.63, 3.8) is 0 Å². The van der Waals surface area contributed by atoms with E-state index in [-0.39, 0.29) is 12.3 Å². The van der Waals surface area contributed by atoms with Gasteiger partial charge in [-0.2, -0.15) is 0 Å². The number of Topliss-reactive ketones (excluding diaryl/α,β-unsaturated/α-hetero) is 1. The van der Waals surface area contributed by atoms with Crippen LogP contribution in [0, 0.1) is 0 Å². The highest BCUT2D eigenvalue weighted by Crippen LogP contribution is 2.12. The minimum atomic E-state index is -0.807. The quantitative estimate of drug-likeness (QED) is 0.556. The van der Waals surface area contributed by atoms with Gasteiger partial charge in [-0.25, -0.2) is 0 Å². The van der Waals surface area contributed by atoms with Crippen molar-refractivity contribution < 1.29 is 23.9 Å². The SMILES string of the molecule is CCCCOc1ccc(C(=O)NCC(=O)OC(C)C(C)=O)cc1. The van der Waals surface area contributed by atoms with Crippen LogP contribution in [0.5, 0.6) is 5.75 Å². The molecule has 0 radical (unpaired) electrons. The summed E-state index contributed by atoms with van der Waals surface area (Å²) in [5.41, 5.74) is 0.417. The van der Waals surface area contributed by atoms with Crippen molar-refractivity contribution in [3.05, 3.63) is 29.8 Å². The first kappa shape index (κ1) is 18.7. The molecule has 0 aliphatic rings. The zero-order valence-corrected chi connectivity index (χ0v) is 13.8. The molecule has 0 aromatic heterocycles. The van der Waals surface area contributed by atoms with Gasteiger partial charge in [0.05, 0.1) is 6.61 Å². The summed E-state index contributed by atoms with van der Waals surface area (Å²) >= 11 is 0. The van der Waals surface area contributed by atoms with Gasteiger partial charge in [-0.15, -0.1) is 0 Å². The van der Waals surface area contributed by atoms with Gasteiger partial charge < -0.3 is 14.8 Å². The molecule has 126 valence electrons. The number of benzene rings is 1. The predicted molar refractivity (Wildman–Crippen MR) is 85.4 cm³/mol. The molecule has 0 saturated heterocycles. The van der Waals surface area contributed by atoms with Gasteiger partial charge in [-0.05, 0) is 44.5 Å². The van der Waals surface area contributed by atoms with Crippen LogP contribution in [0.1, 0.15) is 44.0 Å². The summed E-state index contributed by atoms with van der Waals surface area (Å²) in [6.45, 7) is 5.26. The normalized spacial score (nSPS) is 11.4. The van der Waals surface area contributed by atoms with Gasteiger partial charge in [-0.1, -0.05) is 13.3 Å². The fraction of sp³-hybridized carbons (Fsp3) is 0.471. The molecule has 0 bridgehead atoms. The van der Waals surface area contributed by atoms with Gasteiger partial charge in [0.25, 0.3) is 5.91 Å². The molecule has 6 nitrogen and oxygen atoms in total. The molecule has 0 saturated carbocycles. The summed E-state index contributed by atoms with van der Waals surface area (Å²) in [5, 5.41) is 2.45. The van der Waals surface area contributed by atoms with Gasteiger partial charge in [-0.3, -0.25) is 14.4 Å². The Hall–Kier alpha value is -2.37. The predicted octanol–water partition coefficient (Wildman–Crippen LogP) is 2.12. The molecule has 1 aromatic rings. The first-order chi connectivity index (χ1) is 10.9. The molecule has 1 unspecified atom stereocenters. The zero-order valence-electron chi connectivity index (χ0n) is 13.8. The highest BCUT2D eigenvalue weighted by atomic mass is 16.5. The molecule has 1 atom stereocenters. The summed E-state index contributed by atoms with van der Waals surface area (Å²) in [5.74, 6) is -0.592.